The third-order valence-corrected chi connectivity index (χ3v) is 4.84. The number of carbonyl (C=O) groups excluding carboxylic acids is 2. The molecule has 3 rings (SSSR count). The van der Waals surface area contributed by atoms with E-state index >= 15 is 0 Å². The Bertz CT molecular complexity index is 1100. The largest absolute Gasteiger partial charge is 0.449 e. The molecule has 0 bridgehead atoms. The first kappa shape index (κ1) is 22.2. The van der Waals surface area contributed by atoms with Gasteiger partial charge in [0.2, 0.25) is 0 Å². The first-order valence-corrected chi connectivity index (χ1v) is 9.94. The normalized spacial score (nSPS) is 12.0. The van der Waals surface area contributed by atoms with Crippen LogP contribution in [-0.2, 0) is 20.9 Å². The Labute approximate surface area is 184 Å². The van der Waals surface area contributed by atoms with Gasteiger partial charge in [0.15, 0.2) is 6.10 Å². The number of carbonyl (C=O) groups is 2. The second-order valence-corrected chi connectivity index (χ2v) is 7.15. The van der Waals surface area contributed by atoms with E-state index in [1.54, 1.807) is 23.7 Å². The lowest BCUT2D eigenvalue weighted by Gasteiger charge is -2.12. The summed E-state index contributed by atoms with van der Waals surface area (Å²) in [6.45, 7) is 3.45. The van der Waals surface area contributed by atoms with E-state index in [4.69, 9.17) is 16.3 Å². The molecule has 0 spiro atoms. The van der Waals surface area contributed by atoms with Crippen LogP contribution < -0.4 is 5.32 Å². The van der Waals surface area contributed by atoms with Gasteiger partial charge in [-0.25, -0.2) is 13.9 Å². The summed E-state index contributed by atoms with van der Waals surface area (Å²) in [5.41, 5.74) is 2.75. The molecule has 1 unspecified atom stereocenters. The third-order valence-electron chi connectivity index (χ3n) is 4.48. The van der Waals surface area contributed by atoms with Crippen molar-refractivity contribution in [1.82, 2.24) is 15.1 Å². The van der Waals surface area contributed by atoms with Crippen LogP contribution in [0.5, 0.6) is 0 Å². The van der Waals surface area contributed by atoms with Gasteiger partial charge in [0, 0.05) is 18.2 Å². The lowest BCUT2D eigenvalue weighted by molar-refractivity contribution is -0.150. The smallest absolute Gasteiger partial charge is 0.331 e. The molecule has 160 valence electrons. The number of esters is 1. The van der Waals surface area contributed by atoms with E-state index in [0.29, 0.717) is 16.4 Å². The van der Waals surface area contributed by atoms with Gasteiger partial charge < -0.3 is 10.1 Å². The van der Waals surface area contributed by atoms with Gasteiger partial charge in [-0.1, -0.05) is 41.9 Å². The SMILES string of the molecule is Cc1nn(-c2ccccc2)c(Cl)c1/C=C/C(=O)OC(C)C(=O)NCc1ccc(F)cc1. The summed E-state index contributed by atoms with van der Waals surface area (Å²) in [5, 5.41) is 7.40. The Hall–Kier alpha value is -3.45. The van der Waals surface area contributed by atoms with Gasteiger partial charge >= 0.3 is 5.97 Å². The highest BCUT2D eigenvalue weighted by Gasteiger charge is 2.17. The van der Waals surface area contributed by atoms with Crippen molar-refractivity contribution in [2.75, 3.05) is 0 Å². The zero-order chi connectivity index (χ0) is 22.4. The molecule has 2 aromatic carbocycles. The lowest BCUT2D eigenvalue weighted by atomic mass is 10.2. The number of ether oxygens (including phenoxy) is 1. The quantitative estimate of drug-likeness (QED) is 0.440. The monoisotopic (exact) mass is 441 g/mol. The summed E-state index contributed by atoms with van der Waals surface area (Å²) < 4.78 is 19.6. The van der Waals surface area contributed by atoms with Gasteiger partial charge in [-0.3, -0.25) is 4.79 Å². The molecule has 1 aromatic heterocycles. The second-order valence-electron chi connectivity index (χ2n) is 6.79. The van der Waals surface area contributed by atoms with Crippen LogP contribution in [0.3, 0.4) is 0 Å². The number of halogens is 2. The molecule has 6 nitrogen and oxygen atoms in total. The minimum absolute atomic E-state index is 0.199. The van der Waals surface area contributed by atoms with E-state index in [0.717, 1.165) is 11.3 Å². The first-order valence-electron chi connectivity index (χ1n) is 9.56. The van der Waals surface area contributed by atoms with Crippen LogP contribution in [0.25, 0.3) is 11.8 Å². The summed E-state index contributed by atoms with van der Waals surface area (Å²) in [4.78, 5) is 24.3. The molecular weight excluding hydrogens is 421 g/mol. The van der Waals surface area contributed by atoms with E-state index in [2.05, 4.69) is 10.4 Å². The van der Waals surface area contributed by atoms with Crippen LogP contribution in [0, 0.1) is 12.7 Å². The molecule has 0 radical (unpaired) electrons. The first-order chi connectivity index (χ1) is 14.8. The molecular formula is C23H21ClFN3O3. The lowest BCUT2D eigenvalue weighted by Crippen LogP contribution is -2.35. The Morgan fingerprint density at radius 3 is 2.55 bits per heavy atom. The number of hydrogen-bond donors (Lipinski definition) is 1. The van der Waals surface area contributed by atoms with Crippen molar-refractivity contribution in [3.63, 3.8) is 0 Å². The highest BCUT2D eigenvalue weighted by Crippen LogP contribution is 2.24. The van der Waals surface area contributed by atoms with E-state index in [9.17, 15) is 14.0 Å². The minimum Gasteiger partial charge on any atom is -0.449 e. The van der Waals surface area contributed by atoms with Gasteiger partial charge in [0.25, 0.3) is 5.91 Å². The van der Waals surface area contributed by atoms with Crippen LogP contribution in [0.15, 0.2) is 60.7 Å². The maximum absolute atomic E-state index is 12.9. The number of nitrogens with zero attached hydrogens (tertiary/aromatic N) is 2. The average molecular weight is 442 g/mol. The van der Waals surface area contributed by atoms with Crippen molar-refractivity contribution in [2.24, 2.45) is 0 Å². The van der Waals surface area contributed by atoms with Crippen molar-refractivity contribution in [3.8, 4) is 5.69 Å². The average Bonchev–Trinajstić information content (AvgIpc) is 3.05. The molecule has 1 amide bonds. The molecule has 31 heavy (non-hydrogen) atoms. The predicted molar refractivity (Wildman–Crippen MR) is 116 cm³/mol. The fourth-order valence-corrected chi connectivity index (χ4v) is 3.13. The Morgan fingerprint density at radius 2 is 1.87 bits per heavy atom. The molecule has 0 fully saturated rings. The minimum atomic E-state index is -0.999. The molecule has 0 saturated heterocycles. The van der Waals surface area contributed by atoms with Gasteiger partial charge in [0.1, 0.15) is 11.0 Å². The molecule has 1 N–H and O–H groups in total. The molecule has 0 aliphatic carbocycles. The zero-order valence-electron chi connectivity index (χ0n) is 17.0. The number of rotatable bonds is 7. The second kappa shape index (κ2) is 10.0. The molecule has 0 aliphatic heterocycles. The van der Waals surface area contributed by atoms with Gasteiger partial charge in [-0.2, -0.15) is 5.10 Å². The Morgan fingerprint density at radius 1 is 1.19 bits per heavy atom. The number of benzene rings is 2. The summed E-state index contributed by atoms with van der Waals surface area (Å²) in [5.74, 6) is -1.50. The fraction of sp³-hybridized carbons (Fsp3) is 0.174. The highest BCUT2D eigenvalue weighted by atomic mass is 35.5. The van der Waals surface area contributed by atoms with Crippen molar-refractivity contribution < 1.29 is 18.7 Å². The Kier molecular flexibility index (Phi) is 7.20. The number of aromatic nitrogens is 2. The van der Waals surface area contributed by atoms with Gasteiger partial charge in [0.05, 0.1) is 11.4 Å². The number of nitrogens with one attached hydrogen (secondary N) is 1. The van der Waals surface area contributed by atoms with Crippen molar-refractivity contribution in [1.29, 1.82) is 0 Å². The standard InChI is InChI=1S/C23H21ClFN3O3/c1-15-20(22(24)28(27-15)19-6-4-3-5-7-19)12-13-21(29)31-16(2)23(30)26-14-17-8-10-18(25)11-9-17/h3-13,16H,14H2,1-2H3,(H,26,30)/b13-12+. The molecule has 3 aromatic rings. The van der Waals surface area contributed by atoms with E-state index < -0.39 is 18.0 Å². The highest BCUT2D eigenvalue weighted by molar-refractivity contribution is 6.31. The van der Waals surface area contributed by atoms with E-state index in [1.807, 2.05) is 30.3 Å². The van der Waals surface area contributed by atoms with Crippen LogP contribution in [-0.4, -0.2) is 27.8 Å². The fourth-order valence-electron chi connectivity index (χ4n) is 2.79. The molecule has 0 aliphatic rings. The maximum Gasteiger partial charge on any atom is 0.331 e. The van der Waals surface area contributed by atoms with E-state index in [1.165, 1.54) is 31.2 Å². The summed E-state index contributed by atoms with van der Waals surface area (Å²) in [6.07, 6.45) is 1.71. The summed E-state index contributed by atoms with van der Waals surface area (Å²) >= 11 is 6.42. The van der Waals surface area contributed by atoms with Crippen LogP contribution in [0.1, 0.15) is 23.7 Å². The maximum atomic E-state index is 12.9. The topological polar surface area (TPSA) is 73.2 Å². The van der Waals surface area contributed by atoms with Crippen molar-refractivity contribution in [3.05, 3.63) is 88.5 Å². The summed E-state index contributed by atoms with van der Waals surface area (Å²) in [7, 11) is 0. The van der Waals surface area contributed by atoms with Crippen LogP contribution in [0.4, 0.5) is 4.39 Å². The number of amides is 1. The van der Waals surface area contributed by atoms with Gasteiger partial charge in [-0.15, -0.1) is 0 Å². The van der Waals surface area contributed by atoms with Crippen LogP contribution in [0.2, 0.25) is 5.15 Å². The molecule has 8 heteroatoms. The third kappa shape index (κ3) is 5.79. The van der Waals surface area contributed by atoms with E-state index in [-0.39, 0.29) is 12.4 Å². The molecule has 1 atom stereocenters. The van der Waals surface area contributed by atoms with Crippen molar-refractivity contribution in [2.45, 2.75) is 26.5 Å². The Balaban J connectivity index is 1.58. The predicted octanol–water partition coefficient (Wildman–Crippen LogP) is 4.23. The molecule has 1 heterocycles. The number of aryl methyl sites for hydroxylation is 1. The van der Waals surface area contributed by atoms with Crippen molar-refractivity contribution >= 4 is 29.6 Å². The zero-order valence-corrected chi connectivity index (χ0v) is 17.8. The summed E-state index contributed by atoms with van der Waals surface area (Å²) in [6, 6.07) is 15.1. The number of para-hydroxylation sites is 1. The molecule has 0 saturated carbocycles. The van der Waals surface area contributed by atoms with Crippen LogP contribution >= 0.6 is 11.6 Å². The van der Waals surface area contributed by atoms with Gasteiger partial charge in [-0.05, 0) is 49.8 Å². The number of hydrogen-bond acceptors (Lipinski definition) is 4.